The third-order valence-corrected chi connectivity index (χ3v) is 4.74. The minimum Gasteiger partial charge on any atom is -0.324 e. The van der Waals surface area contributed by atoms with Crippen LogP contribution in [-0.2, 0) is 9.59 Å². The van der Waals surface area contributed by atoms with Gasteiger partial charge in [-0.2, -0.15) is 0 Å². The minimum atomic E-state index is -0.888. The first kappa shape index (κ1) is 15.8. The number of hydrogen-bond donors (Lipinski definition) is 2. The van der Waals surface area contributed by atoms with Crippen LogP contribution >= 0.6 is 11.6 Å². The van der Waals surface area contributed by atoms with Crippen LogP contribution in [0.2, 0.25) is 5.02 Å². The number of amides is 4. The Morgan fingerprint density at radius 2 is 2.04 bits per heavy atom. The SMILES string of the molecule is CC(C(=O)Nc1cccc(Cl)c1)N1C(=O)NC2(CCCC2)C1=O. The van der Waals surface area contributed by atoms with Crippen molar-refractivity contribution in [1.82, 2.24) is 10.2 Å². The summed E-state index contributed by atoms with van der Waals surface area (Å²) in [5.74, 6) is -0.723. The molecule has 1 saturated carbocycles. The van der Waals surface area contributed by atoms with E-state index in [2.05, 4.69) is 10.6 Å². The molecule has 2 fully saturated rings. The summed E-state index contributed by atoms with van der Waals surface area (Å²) in [6, 6.07) is 5.33. The van der Waals surface area contributed by atoms with Crippen molar-refractivity contribution in [3.63, 3.8) is 0 Å². The summed E-state index contributed by atoms with van der Waals surface area (Å²) in [6.07, 6.45) is 3.08. The number of benzene rings is 1. The van der Waals surface area contributed by atoms with Gasteiger partial charge >= 0.3 is 6.03 Å². The van der Waals surface area contributed by atoms with Gasteiger partial charge in [0.15, 0.2) is 0 Å². The highest BCUT2D eigenvalue weighted by Crippen LogP contribution is 2.35. The smallest absolute Gasteiger partial charge is 0.324 e. The van der Waals surface area contributed by atoms with Crippen LogP contribution in [-0.4, -0.2) is 34.3 Å². The Bertz CT molecular complexity index is 670. The van der Waals surface area contributed by atoms with Crippen molar-refractivity contribution in [3.05, 3.63) is 29.3 Å². The maximum Gasteiger partial charge on any atom is 0.325 e. The second-order valence-corrected chi connectivity index (χ2v) is 6.51. The summed E-state index contributed by atoms with van der Waals surface area (Å²) < 4.78 is 0. The van der Waals surface area contributed by atoms with Gasteiger partial charge in [0, 0.05) is 10.7 Å². The van der Waals surface area contributed by atoms with E-state index < -0.39 is 23.5 Å². The van der Waals surface area contributed by atoms with E-state index in [1.54, 1.807) is 31.2 Å². The Kier molecular flexibility index (Phi) is 4.02. The van der Waals surface area contributed by atoms with Gasteiger partial charge in [0.25, 0.3) is 5.91 Å². The molecule has 3 rings (SSSR count). The van der Waals surface area contributed by atoms with E-state index in [1.165, 1.54) is 0 Å². The number of anilines is 1. The molecule has 0 aromatic heterocycles. The third kappa shape index (κ3) is 2.79. The van der Waals surface area contributed by atoms with Gasteiger partial charge in [0.1, 0.15) is 11.6 Å². The van der Waals surface area contributed by atoms with Crippen LogP contribution in [0.25, 0.3) is 0 Å². The van der Waals surface area contributed by atoms with Crippen LogP contribution in [0.3, 0.4) is 0 Å². The maximum atomic E-state index is 12.6. The lowest BCUT2D eigenvalue weighted by molar-refractivity contribution is -0.136. The Hall–Kier alpha value is -2.08. The van der Waals surface area contributed by atoms with Crippen LogP contribution in [0.4, 0.5) is 10.5 Å². The second-order valence-electron chi connectivity index (χ2n) is 6.07. The third-order valence-electron chi connectivity index (χ3n) is 4.51. The van der Waals surface area contributed by atoms with E-state index in [-0.39, 0.29) is 5.91 Å². The predicted octanol–water partition coefficient (Wildman–Crippen LogP) is 2.53. The molecule has 1 unspecified atom stereocenters. The van der Waals surface area contributed by atoms with Crippen LogP contribution in [0.15, 0.2) is 24.3 Å². The fraction of sp³-hybridized carbons (Fsp3) is 0.438. The molecule has 2 aliphatic rings. The Morgan fingerprint density at radius 1 is 1.35 bits per heavy atom. The molecule has 1 heterocycles. The fourth-order valence-corrected chi connectivity index (χ4v) is 3.43. The van der Waals surface area contributed by atoms with Crippen molar-refractivity contribution < 1.29 is 14.4 Å². The molecule has 7 heteroatoms. The van der Waals surface area contributed by atoms with Gasteiger partial charge in [0.05, 0.1) is 0 Å². The summed E-state index contributed by atoms with van der Waals surface area (Å²) in [7, 11) is 0. The average molecular weight is 336 g/mol. The molecule has 1 aliphatic carbocycles. The molecule has 1 atom stereocenters. The number of hydrogen-bond acceptors (Lipinski definition) is 3. The van der Waals surface area contributed by atoms with Gasteiger partial charge in [-0.05, 0) is 38.0 Å². The zero-order chi connectivity index (χ0) is 16.6. The van der Waals surface area contributed by atoms with Crippen molar-refractivity contribution in [2.45, 2.75) is 44.2 Å². The number of nitrogens with zero attached hydrogens (tertiary/aromatic N) is 1. The van der Waals surface area contributed by atoms with Gasteiger partial charge in [-0.15, -0.1) is 0 Å². The van der Waals surface area contributed by atoms with Gasteiger partial charge in [-0.1, -0.05) is 30.5 Å². The van der Waals surface area contributed by atoms with Gasteiger partial charge in [-0.25, -0.2) is 9.69 Å². The molecular formula is C16H18ClN3O3. The topological polar surface area (TPSA) is 78.5 Å². The minimum absolute atomic E-state index is 0.297. The van der Waals surface area contributed by atoms with Crippen molar-refractivity contribution in [2.24, 2.45) is 0 Å². The van der Waals surface area contributed by atoms with Crippen molar-refractivity contribution in [2.75, 3.05) is 5.32 Å². The number of halogens is 1. The molecule has 23 heavy (non-hydrogen) atoms. The lowest BCUT2D eigenvalue weighted by Crippen LogP contribution is -2.48. The van der Waals surface area contributed by atoms with Crippen LogP contribution in [0.1, 0.15) is 32.6 Å². The lowest BCUT2D eigenvalue weighted by atomic mass is 9.97. The number of rotatable bonds is 3. The number of urea groups is 1. The number of nitrogens with one attached hydrogen (secondary N) is 2. The highest BCUT2D eigenvalue weighted by atomic mass is 35.5. The van der Waals surface area contributed by atoms with E-state index in [4.69, 9.17) is 11.6 Å². The number of carbonyl (C=O) groups excluding carboxylic acids is 3. The fourth-order valence-electron chi connectivity index (χ4n) is 3.24. The molecule has 1 aromatic rings. The average Bonchev–Trinajstić information content (AvgIpc) is 3.05. The van der Waals surface area contributed by atoms with Crippen LogP contribution in [0, 0.1) is 0 Å². The Balaban J connectivity index is 1.74. The summed E-state index contributed by atoms with van der Waals surface area (Å²) in [4.78, 5) is 38.2. The molecule has 122 valence electrons. The molecular weight excluding hydrogens is 318 g/mol. The van der Waals surface area contributed by atoms with Gasteiger partial charge < -0.3 is 10.6 Å². The van der Waals surface area contributed by atoms with E-state index >= 15 is 0 Å². The molecule has 6 nitrogen and oxygen atoms in total. The monoisotopic (exact) mass is 335 g/mol. The first-order chi connectivity index (χ1) is 10.9. The predicted molar refractivity (Wildman–Crippen MR) is 86.1 cm³/mol. The largest absolute Gasteiger partial charge is 0.325 e. The molecule has 1 aliphatic heterocycles. The highest BCUT2D eigenvalue weighted by Gasteiger charge is 2.54. The van der Waals surface area contributed by atoms with Crippen molar-refractivity contribution in [3.8, 4) is 0 Å². The van der Waals surface area contributed by atoms with Crippen molar-refractivity contribution in [1.29, 1.82) is 0 Å². The summed E-state index contributed by atoms with van der Waals surface area (Å²) in [5, 5.41) is 5.95. The van der Waals surface area contributed by atoms with Crippen LogP contribution < -0.4 is 10.6 Å². The van der Waals surface area contributed by atoms with Crippen molar-refractivity contribution >= 4 is 35.1 Å². The quantitative estimate of drug-likeness (QED) is 0.833. The summed E-state index contributed by atoms with van der Waals surface area (Å²) in [6.45, 7) is 1.55. The summed E-state index contributed by atoms with van der Waals surface area (Å²) >= 11 is 5.88. The molecule has 2 N–H and O–H groups in total. The first-order valence-electron chi connectivity index (χ1n) is 7.65. The second kappa shape index (κ2) is 5.85. The summed E-state index contributed by atoms with van der Waals surface area (Å²) in [5.41, 5.74) is -0.279. The maximum absolute atomic E-state index is 12.6. The highest BCUT2D eigenvalue weighted by molar-refractivity contribution is 6.30. The van der Waals surface area contributed by atoms with Crippen LogP contribution in [0.5, 0.6) is 0 Å². The molecule has 1 spiro atoms. The van der Waals surface area contributed by atoms with Gasteiger partial charge in [0.2, 0.25) is 5.91 Å². The number of carbonyl (C=O) groups is 3. The molecule has 1 saturated heterocycles. The molecule has 0 radical (unpaired) electrons. The van der Waals surface area contributed by atoms with E-state index in [9.17, 15) is 14.4 Å². The normalized spacial score (nSPS) is 20.7. The first-order valence-corrected chi connectivity index (χ1v) is 8.03. The molecule has 0 bridgehead atoms. The van der Waals surface area contributed by atoms with E-state index in [0.29, 0.717) is 23.6 Å². The van der Waals surface area contributed by atoms with E-state index in [0.717, 1.165) is 17.7 Å². The van der Waals surface area contributed by atoms with E-state index in [1.807, 2.05) is 0 Å². The zero-order valence-electron chi connectivity index (χ0n) is 12.8. The Morgan fingerprint density at radius 3 is 2.70 bits per heavy atom. The zero-order valence-corrected chi connectivity index (χ0v) is 13.5. The molecule has 1 aromatic carbocycles. The number of imide groups is 1. The Labute approximate surface area is 139 Å². The molecule has 4 amide bonds. The standard InChI is InChI=1S/C16H18ClN3O3/c1-10(13(21)18-12-6-4-5-11(17)9-12)20-14(22)16(19-15(20)23)7-2-3-8-16/h4-6,9-10H,2-3,7-8H2,1H3,(H,18,21)(H,19,23). The lowest BCUT2D eigenvalue weighted by Gasteiger charge is -2.23. The van der Waals surface area contributed by atoms with Gasteiger partial charge in [-0.3, -0.25) is 9.59 Å².